The van der Waals surface area contributed by atoms with Crippen molar-refractivity contribution in [2.24, 2.45) is 0 Å². The van der Waals surface area contributed by atoms with Crippen molar-refractivity contribution in [2.75, 3.05) is 13.2 Å². The zero-order chi connectivity index (χ0) is 18.6. The third-order valence-corrected chi connectivity index (χ3v) is 4.44. The van der Waals surface area contributed by atoms with Gasteiger partial charge in [0.1, 0.15) is 30.3 Å². The molecule has 0 aromatic heterocycles. The fraction of sp³-hybridized carbons (Fsp3) is 0.0870. The van der Waals surface area contributed by atoms with Crippen molar-refractivity contribution in [3.63, 3.8) is 0 Å². The summed E-state index contributed by atoms with van der Waals surface area (Å²) in [4.78, 5) is 11.7. The molecule has 0 radical (unpaired) electrons. The fourth-order valence-electron chi connectivity index (χ4n) is 3.16. The van der Waals surface area contributed by atoms with Crippen molar-refractivity contribution in [1.82, 2.24) is 0 Å². The van der Waals surface area contributed by atoms with Gasteiger partial charge in [-0.05, 0) is 39.7 Å². The first-order chi connectivity index (χ1) is 13.2. The Morgan fingerprint density at radius 1 is 0.741 bits per heavy atom. The van der Waals surface area contributed by atoms with E-state index in [1.165, 1.54) is 0 Å². The number of ether oxygens (including phenoxy) is 2. The Bertz CT molecular complexity index is 1120. The quantitative estimate of drug-likeness (QED) is 0.484. The topological polar surface area (TPSA) is 55.8 Å². The molecule has 1 N–H and O–H groups in total. The number of carbonyl (C=O) groups is 1. The lowest BCUT2D eigenvalue weighted by Crippen LogP contribution is -2.11. The van der Waals surface area contributed by atoms with Crippen LogP contribution in [0.25, 0.3) is 21.5 Å². The highest BCUT2D eigenvalue weighted by Gasteiger charge is 2.15. The van der Waals surface area contributed by atoms with Crippen molar-refractivity contribution in [3.8, 4) is 11.5 Å². The average molecular weight is 358 g/mol. The summed E-state index contributed by atoms with van der Waals surface area (Å²) in [5, 5.41) is 13.4. The van der Waals surface area contributed by atoms with Crippen molar-refractivity contribution >= 4 is 27.5 Å². The van der Waals surface area contributed by atoms with E-state index < -0.39 is 5.97 Å². The number of carboxylic acid groups (broad SMARTS) is 1. The number of hydrogen-bond donors (Lipinski definition) is 1. The molecule has 0 aliphatic rings. The monoisotopic (exact) mass is 358 g/mol. The zero-order valence-electron chi connectivity index (χ0n) is 14.6. The van der Waals surface area contributed by atoms with Gasteiger partial charge in [-0.15, -0.1) is 0 Å². The third kappa shape index (κ3) is 3.55. The molecule has 4 aromatic rings. The molecule has 0 spiro atoms. The standard InChI is InChI=1S/C23H18O4/c24-23(25)22-20-8-4-3-6-17(20)10-12-21(22)27-14-13-26-19-11-9-16-5-1-2-7-18(16)15-19/h1-12,15H,13-14H2,(H,24,25). The van der Waals surface area contributed by atoms with E-state index >= 15 is 0 Å². The molecule has 4 heteroatoms. The summed E-state index contributed by atoms with van der Waals surface area (Å²) >= 11 is 0. The summed E-state index contributed by atoms with van der Waals surface area (Å²) in [7, 11) is 0. The second kappa shape index (κ2) is 7.38. The van der Waals surface area contributed by atoms with E-state index in [1.807, 2.05) is 60.7 Å². The highest BCUT2D eigenvalue weighted by atomic mass is 16.5. The van der Waals surface area contributed by atoms with Crippen molar-refractivity contribution < 1.29 is 19.4 Å². The Kier molecular flexibility index (Phi) is 4.62. The van der Waals surface area contributed by atoms with Gasteiger partial charge < -0.3 is 14.6 Å². The van der Waals surface area contributed by atoms with Crippen LogP contribution in [0.2, 0.25) is 0 Å². The van der Waals surface area contributed by atoms with E-state index in [4.69, 9.17) is 9.47 Å². The Labute approximate surface area is 156 Å². The maximum atomic E-state index is 11.7. The molecular formula is C23H18O4. The van der Waals surface area contributed by atoms with E-state index in [9.17, 15) is 9.90 Å². The summed E-state index contributed by atoms with van der Waals surface area (Å²) in [6, 6.07) is 24.9. The molecule has 0 amide bonds. The van der Waals surface area contributed by atoms with Crippen LogP contribution >= 0.6 is 0 Å². The molecule has 0 heterocycles. The Balaban J connectivity index is 1.45. The number of fused-ring (bicyclic) bond motifs is 2. The maximum absolute atomic E-state index is 11.7. The Hall–Kier alpha value is -3.53. The Morgan fingerprint density at radius 2 is 1.41 bits per heavy atom. The van der Waals surface area contributed by atoms with Gasteiger partial charge in [-0.3, -0.25) is 0 Å². The van der Waals surface area contributed by atoms with E-state index in [-0.39, 0.29) is 12.2 Å². The fourth-order valence-corrected chi connectivity index (χ4v) is 3.16. The predicted octanol–water partition coefficient (Wildman–Crippen LogP) is 5.15. The maximum Gasteiger partial charge on any atom is 0.340 e. The molecule has 4 aromatic carbocycles. The number of aromatic carboxylic acids is 1. The summed E-state index contributed by atoms with van der Waals surface area (Å²) < 4.78 is 11.5. The van der Waals surface area contributed by atoms with Crippen LogP contribution in [0.5, 0.6) is 11.5 Å². The lowest BCUT2D eigenvalue weighted by Gasteiger charge is -2.12. The summed E-state index contributed by atoms with van der Waals surface area (Å²) in [6.45, 7) is 0.579. The normalized spacial score (nSPS) is 10.8. The van der Waals surface area contributed by atoms with Crippen LogP contribution in [0.15, 0.2) is 78.9 Å². The van der Waals surface area contributed by atoms with E-state index in [1.54, 1.807) is 12.1 Å². The van der Waals surface area contributed by atoms with E-state index in [0.29, 0.717) is 17.7 Å². The highest BCUT2D eigenvalue weighted by Crippen LogP contribution is 2.28. The second-order valence-electron chi connectivity index (χ2n) is 6.17. The van der Waals surface area contributed by atoms with Crippen LogP contribution in [-0.4, -0.2) is 24.3 Å². The first-order valence-electron chi connectivity index (χ1n) is 8.72. The molecule has 27 heavy (non-hydrogen) atoms. The predicted molar refractivity (Wildman–Crippen MR) is 106 cm³/mol. The molecular weight excluding hydrogens is 340 g/mol. The van der Waals surface area contributed by atoms with Gasteiger partial charge in [-0.1, -0.05) is 60.7 Å². The first kappa shape index (κ1) is 16.9. The summed E-state index contributed by atoms with van der Waals surface area (Å²) in [6.07, 6.45) is 0. The molecule has 0 aliphatic heterocycles. The molecule has 0 saturated heterocycles. The lowest BCUT2D eigenvalue weighted by atomic mass is 10.0. The van der Waals surface area contributed by atoms with Crippen LogP contribution < -0.4 is 9.47 Å². The van der Waals surface area contributed by atoms with Crippen LogP contribution in [0.1, 0.15) is 10.4 Å². The highest BCUT2D eigenvalue weighted by molar-refractivity contribution is 6.06. The summed E-state index contributed by atoms with van der Waals surface area (Å²) in [5.74, 6) is 0.106. The van der Waals surface area contributed by atoms with Gasteiger partial charge in [0.05, 0.1) is 0 Å². The number of benzene rings is 4. The summed E-state index contributed by atoms with van der Waals surface area (Å²) in [5.41, 5.74) is 0.179. The molecule has 0 aliphatic carbocycles. The molecule has 0 fully saturated rings. The van der Waals surface area contributed by atoms with Crippen molar-refractivity contribution in [3.05, 3.63) is 84.4 Å². The van der Waals surface area contributed by atoms with Gasteiger partial charge in [0, 0.05) is 0 Å². The van der Waals surface area contributed by atoms with Crippen LogP contribution in [0.4, 0.5) is 0 Å². The molecule has 4 rings (SSSR count). The lowest BCUT2D eigenvalue weighted by molar-refractivity contribution is 0.0693. The molecule has 0 bridgehead atoms. The van der Waals surface area contributed by atoms with E-state index in [0.717, 1.165) is 21.9 Å². The average Bonchev–Trinajstić information content (AvgIpc) is 2.70. The third-order valence-electron chi connectivity index (χ3n) is 4.44. The van der Waals surface area contributed by atoms with Gasteiger partial charge in [0.25, 0.3) is 0 Å². The number of rotatable bonds is 6. The SMILES string of the molecule is O=C(O)c1c(OCCOc2ccc3ccccc3c2)ccc2ccccc12. The van der Waals surface area contributed by atoms with Crippen molar-refractivity contribution in [2.45, 2.75) is 0 Å². The van der Waals surface area contributed by atoms with Crippen LogP contribution in [-0.2, 0) is 0 Å². The molecule has 0 unspecified atom stereocenters. The van der Waals surface area contributed by atoms with Gasteiger partial charge in [-0.25, -0.2) is 4.79 Å². The van der Waals surface area contributed by atoms with Crippen molar-refractivity contribution in [1.29, 1.82) is 0 Å². The molecule has 134 valence electrons. The Morgan fingerprint density at radius 3 is 2.22 bits per heavy atom. The van der Waals surface area contributed by atoms with Gasteiger partial charge >= 0.3 is 5.97 Å². The smallest absolute Gasteiger partial charge is 0.340 e. The van der Waals surface area contributed by atoms with Crippen LogP contribution in [0.3, 0.4) is 0 Å². The minimum atomic E-state index is -1.00. The minimum Gasteiger partial charge on any atom is -0.490 e. The first-order valence-corrected chi connectivity index (χ1v) is 8.72. The van der Waals surface area contributed by atoms with Gasteiger partial charge in [-0.2, -0.15) is 0 Å². The minimum absolute atomic E-state index is 0.179. The number of hydrogen-bond acceptors (Lipinski definition) is 3. The number of carboxylic acids is 1. The van der Waals surface area contributed by atoms with Gasteiger partial charge in [0.15, 0.2) is 0 Å². The van der Waals surface area contributed by atoms with Gasteiger partial charge in [0.2, 0.25) is 0 Å². The van der Waals surface area contributed by atoms with E-state index in [2.05, 4.69) is 6.07 Å². The second-order valence-corrected chi connectivity index (χ2v) is 6.17. The largest absolute Gasteiger partial charge is 0.490 e. The zero-order valence-corrected chi connectivity index (χ0v) is 14.6. The molecule has 0 atom stereocenters. The molecule has 4 nitrogen and oxygen atoms in total. The molecule has 0 saturated carbocycles. The van der Waals surface area contributed by atoms with Crippen LogP contribution in [0, 0.1) is 0 Å².